The summed E-state index contributed by atoms with van der Waals surface area (Å²) in [5.41, 5.74) is 4.57. The maximum Gasteiger partial charge on any atom is 0.246 e. The number of hydrogen-bond donors (Lipinski definition) is 0. The molecule has 0 saturated heterocycles. The van der Waals surface area contributed by atoms with E-state index in [9.17, 15) is 4.79 Å². The fourth-order valence-corrected chi connectivity index (χ4v) is 3.03. The second kappa shape index (κ2) is 8.09. The molecule has 1 aliphatic heterocycles. The first-order valence-electron chi connectivity index (χ1n) is 8.91. The van der Waals surface area contributed by atoms with Gasteiger partial charge >= 0.3 is 0 Å². The number of ether oxygens (including phenoxy) is 2. The maximum atomic E-state index is 12.3. The molecule has 0 spiro atoms. The van der Waals surface area contributed by atoms with Gasteiger partial charge in [0.15, 0.2) is 0 Å². The van der Waals surface area contributed by atoms with E-state index in [1.807, 2.05) is 44.2 Å². The molecule has 0 aliphatic carbocycles. The van der Waals surface area contributed by atoms with Gasteiger partial charge in [0.2, 0.25) is 5.91 Å². The lowest BCUT2D eigenvalue weighted by atomic mass is 10.1. The van der Waals surface area contributed by atoms with Crippen molar-refractivity contribution in [3.8, 4) is 11.5 Å². The van der Waals surface area contributed by atoms with Crippen molar-refractivity contribution >= 4 is 12.0 Å². The summed E-state index contributed by atoms with van der Waals surface area (Å²) in [6.07, 6.45) is 4.39. The minimum atomic E-state index is -0.0363. The van der Waals surface area contributed by atoms with E-state index in [1.54, 1.807) is 18.0 Å². The Morgan fingerprint density at radius 2 is 1.96 bits per heavy atom. The molecular formula is C22H25NO3. The zero-order valence-electron chi connectivity index (χ0n) is 15.6. The van der Waals surface area contributed by atoms with Crippen LogP contribution in [0.5, 0.6) is 11.5 Å². The van der Waals surface area contributed by atoms with Gasteiger partial charge in [0.05, 0.1) is 13.2 Å². The number of carbonyl (C=O) groups excluding carboxylic acids is 1. The summed E-state index contributed by atoms with van der Waals surface area (Å²) in [6, 6.07) is 12.1. The first-order chi connectivity index (χ1) is 12.5. The fourth-order valence-electron chi connectivity index (χ4n) is 3.03. The Morgan fingerprint density at radius 3 is 2.73 bits per heavy atom. The molecule has 136 valence electrons. The number of aryl methyl sites for hydroxylation is 2. The smallest absolute Gasteiger partial charge is 0.246 e. The van der Waals surface area contributed by atoms with Crippen molar-refractivity contribution in [2.75, 3.05) is 26.8 Å². The van der Waals surface area contributed by atoms with Crippen LogP contribution in [-0.4, -0.2) is 37.6 Å². The first-order valence-corrected chi connectivity index (χ1v) is 8.91. The summed E-state index contributed by atoms with van der Waals surface area (Å²) in [6.45, 7) is 5.84. The molecule has 0 saturated carbocycles. The van der Waals surface area contributed by atoms with Gasteiger partial charge in [0.25, 0.3) is 0 Å². The monoisotopic (exact) mass is 351 g/mol. The molecule has 3 rings (SSSR count). The van der Waals surface area contributed by atoms with Gasteiger partial charge in [-0.05, 0) is 66.4 Å². The lowest BCUT2D eigenvalue weighted by Crippen LogP contribution is -2.29. The Balaban J connectivity index is 1.49. The molecule has 4 nitrogen and oxygen atoms in total. The highest BCUT2D eigenvalue weighted by Crippen LogP contribution is 2.26. The van der Waals surface area contributed by atoms with Gasteiger partial charge in [-0.1, -0.05) is 12.1 Å². The van der Waals surface area contributed by atoms with Crippen molar-refractivity contribution < 1.29 is 14.3 Å². The second-order valence-electron chi connectivity index (χ2n) is 6.73. The minimum Gasteiger partial charge on any atom is -0.493 e. The van der Waals surface area contributed by atoms with Crippen molar-refractivity contribution in [3.05, 3.63) is 64.7 Å². The predicted molar refractivity (Wildman–Crippen MR) is 104 cm³/mol. The van der Waals surface area contributed by atoms with Gasteiger partial charge in [-0.2, -0.15) is 0 Å². The predicted octanol–water partition coefficient (Wildman–Crippen LogP) is 3.79. The number of fused-ring (bicyclic) bond motifs is 1. The van der Waals surface area contributed by atoms with E-state index in [4.69, 9.17) is 9.47 Å². The summed E-state index contributed by atoms with van der Waals surface area (Å²) >= 11 is 0. The van der Waals surface area contributed by atoms with Crippen LogP contribution in [0.3, 0.4) is 0 Å². The van der Waals surface area contributed by atoms with E-state index in [2.05, 4.69) is 12.1 Å². The SMILES string of the molecule is Cc1cc(C)cc(OCCN(C)C(=O)/C=C/c2ccc3c(c2)CCO3)c1. The highest BCUT2D eigenvalue weighted by molar-refractivity contribution is 5.91. The van der Waals surface area contributed by atoms with Crippen LogP contribution in [0.4, 0.5) is 0 Å². The van der Waals surface area contributed by atoms with Crippen molar-refractivity contribution in [3.63, 3.8) is 0 Å². The summed E-state index contributed by atoms with van der Waals surface area (Å²) in [5.74, 6) is 1.76. The van der Waals surface area contributed by atoms with E-state index in [0.717, 1.165) is 30.1 Å². The van der Waals surface area contributed by atoms with Gasteiger partial charge in [0, 0.05) is 19.5 Å². The van der Waals surface area contributed by atoms with Gasteiger partial charge in [0.1, 0.15) is 18.1 Å². The minimum absolute atomic E-state index is 0.0363. The quantitative estimate of drug-likeness (QED) is 0.743. The molecule has 1 amide bonds. The third kappa shape index (κ3) is 4.66. The van der Waals surface area contributed by atoms with Crippen molar-refractivity contribution in [1.82, 2.24) is 4.90 Å². The van der Waals surface area contributed by atoms with E-state index < -0.39 is 0 Å². The van der Waals surface area contributed by atoms with Crippen LogP contribution >= 0.6 is 0 Å². The second-order valence-corrected chi connectivity index (χ2v) is 6.73. The topological polar surface area (TPSA) is 38.8 Å². The van der Waals surface area contributed by atoms with Gasteiger partial charge < -0.3 is 14.4 Å². The molecule has 0 fully saturated rings. The zero-order valence-corrected chi connectivity index (χ0v) is 15.6. The van der Waals surface area contributed by atoms with Crippen molar-refractivity contribution in [2.24, 2.45) is 0 Å². The molecule has 1 heterocycles. The van der Waals surface area contributed by atoms with Crippen LogP contribution in [0.25, 0.3) is 6.08 Å². The number of nitrogens with zero attached hydrogens (tertiary/aromatic N) is 1. The Morgan fingerprint density at radius 1 is 1.19 bits per heavy atom. The highest BCUT2D eigenvalue weighted by atomic mass is 16.5. The van der Waals surface area contributed by atoms with Gasteiger partial charge in [-0.25, -0.2) is 0 Å². The molecule has 1 aliphatic rings. The van der Waals surface area contributed by atoms with Crippen LogP contribution < -0.4 is 9.47 Å². The number of likely N-dealkylation sites (N-methyl/N-ethyl adjacent to an activating group) is 1. The van der Waals surface area contributed by atoms with E-state index in [0.29, 0.717) is 13.2 Å². The Bertz CT molecular complexity index is 806. The molecule has 0 aromatic heterocycles. The molecule has 0 unspecified atom stereocenters. The Hall–Kier alpha value is -2.75. The summed E-state index contributed by atoms with van der Waals surface area (Å²) in [5, 5.41) is 0. The molecule has 0 N–H and O–H groups in total. The molecule has 26 heavy (non-hydrogen) atoms. The number of hydrogen-bond acceptors (Lipinski definition) is 3. The molecule has 0 bridgehead atoms. The maximum absolute atomic E-state index is 12.3. The average Bonchev–Trinajstić information content (AvgIpc) is 3.06. The molecule has 2 aromatic carbocycles. The lowest BCUT2D eigenvalue weighted by Gasteiger charge is -2.16. The van der Waals surface area contributed by atoms with Gasteiger partial charge in [-0.15, -0.1) is 0 Å². The fraction of sp³-hybridized carbons (Fsp3) is 0.318. The van der Waals surface area contributed by atoms with Crippen LogP contribution in [0.15, 0.2) is 42.5 Å². The zero-order chi connectivity index (χ0) is 18.5. The molecular weight excluding hydrogens is 326 g/mol. The summed E-state index contributed by atoms with van der Waals surface area (Å²) in [7, 11) is 1.79. The molecule has 0 radical (unpaired) electrons. The van der Waals surface area contributed by atoms with Crippen molar-refractivity contribution in [2.45, 2.75) is 20.3 Å². The molecule has 0 atom stereocenters. The standard InChI is InChI=1S/C22H25NO3/c1-16-12-17(2)14-20(13-16)25-11-9-23(3)22(24)7-5-18-4-6-21-19(15-18)8-10-26-21/h4-7,12-15H,8-11H2,1-3H3/b7-5+. The van der Waals surface area contributed by atoms with E-state index in [-0.39, 0.29) is 5.91 Å². The van der Waals surface area contributed by atoms with Crippen molar-refractivity contribution in [1.29, 1.82) is 0 Å². The van der Waals surface area contributed by atoms with Crippen LogP contribution in [0.2, 0.25) is 0 Å². The van der Waals surface area contributed by atoms with E-state index >= 15 is 0 Å². The number of rotatable bonds is 6. The van der Waals surface area contributed by atoms with Crippen LogP contribution in [0, 0.1) is 13.8 Å². The average molecular weight is 351 g/mol. The number of amides is 1. The highest BCUT2D eigenvalue weighted by Gasteiger charge is 2.11. The number of benzene rings is 2. The van der Waals surface area contributed by atoms with E-state index in [1.165, 1.54) is 16.7 Å². The number of carbonyl (C=O) groups is 1. The third-order valence-electron chi connectivity index (χ3n) is 4.40. The normalized spacial score (nSPS) is 12.7. The molecule has 4 heteroatoms. The molecule has 2 aromatic rings. The Labute approximate surface area is 155 Å². The summed E-state index contributed by atoms with van der Waals surface area (Å²) in [4.78, 5) is 13.9. The van der Waals surface area contributed by atoms with Gasteiger partial charge in [-0.3, -0.25) is 4.79 Å². The van der Waals surface area contributed by atoms with Crippen LogP contribution in [0.1, 0.15) is 22.3 Å². The lowest BCUT2D eigenvalue weighted by molar-refractivity contribution is -0.125. The summed E-state index contributed by atoms with van der Waals surface area (Å²) < 4.78 is 11.3. The Kier molecular flexibility index (Phi) is 5.61. The van der Waals surface area contributed by atoms with Crippen LogP contribution in [-0.2, 0) is 11.2 Å². The third-order valence-corrected chi connectivity index (χ3v) is 4.40. The first kappa shape index (κ1) is 18.1. The largest absolute Gasteiger partial charge is 0.493 e.